The first kappa shape index (κ1) is 20.2. The van der Waals surface area contributed by atoms with Gasteiger partial charge in [0, 0.05) is 17.5 Å². The van der Waals surface area contributed by atoms with Crippen molar-refractivity contribution in [2.75, 3.05) is 26.7 Å². The summed E-state index contributed by atoms with van der Waals surface area (Å²) in [4.78, 5) is 15.1. The second-order valence-electron chi connectivity index (χ2n) is 7.48. The van der Waals surface area contributed by atoms with E-state index in [-0.39, 0.29) is 11.9 Å². The van der Waals surface area contributed by atoms with E-state index in [1.807, 2.05) is 25.2 Å². The third-order valence-electron chi connectivity index (χ3n) is 5.00. The van der Waals surface area contributed by atoms with Gasteiger partial charge in [-0.2, -0.15) is 0 Å². The zero-order chi connectivity index (χ0) is 19.2. The third kappa shape index (κ3) is 6.22. The highest BCUT2D eigenvalue weighted by Crippen LogP contribution is 2.22. The summed E-state index contributed by atoms with van der Waals surface area (Å²) in [5, 5.41) is 4.31. The van der Waals surface area contributed by atoms with Crippen LogP contribution in [0.5, 0.6) is 0 Å². The van der Waals surface area contributed by atoms with Crippen molar-refractivity contribution in [1.29, 1.82) is 0 Å². The number of quaternary nitrogens is 2. The van der Waals surface area contributed by atoms with E-state index >= 15 is 0 Å². The van der Waals surface area contributed by atoms with Gasteiger partial charge in [0.25, 0.3) is 5.91 Å². The van der Waals surface area contributed by atoms with Gasteiger partial charge >= 0.3 is 0 Å². The molecular weight excluding hydrogens is 381 g/mol. The maximum Gasteiger partial charge on any atom is 0.275 e. The Morgan fingerprint density at radius 2 is 1.93 bits per heavy atom. The number of benzene rings is 2. The second kappa shape index (κ2) is 9.56. The first-order valence-corrected chi connectivity index (χ1v) is 10.2. The average molecular weight is 408 g/mol. The summed E-state index contributed by atoms with van der Waals surface area (Å²) in [6.07, 6.45) is 1.04. The summed E-state index contributed by atoms with van der Waals surface area (Å²) >= 11 is 12.0. The smallest absolute Gasteiger partial charge is 0.275 e. The van der Waals surface area contributed by atoms with Crippen molar-refractivity contribution < 1.29 is 14.6 Å². The molecule has 0 spiro atoms. The number of likely N-dealkylation sites (N-methyl/N-ethyl adjacent to an activating group) is 1. The van der Waals surface area contributed by atoms with Crippen molar-refractivity contribution in [3.05, 3.63) is 69.7 Å². The highest BCUT2D eigenvalue weighted by Gasteiger charge is 2.28. The van der Waals surface area contributed by atoms with Crippen LogP contribution in [0.2, 0.25) is 10.0 Å². The fourth-order valence-corrected chi connectivity index (χ4v) is 4.03. The van der Waals surface area contributed by atoms with Crippen molar-refractivity contribution in [3.8, 4) is 0 Å². The molecule has 3 rings (SSSR count). The number of hydrogen-bond acceptors (Lipinski definition) is 1. The van der Waals surface area contributed by atoms with E-state index in [1.165, 1.54) is 10.5 Å². The van der Waals surface area contributed by atoms with Crippen molar-refractivity contribution in [2.24, 2.45) is 0 Å². The van der Waals surface area contributed by atoms with Crippen LogP contribution in [0, 0.1) is 0 Å². The van der Waals surface area contributed by atoms with Gasteiger partial charge in [0.1, 0.15) is 13.1 Å². The van der Waals surface area contributed by atoms with E-state index in [2.05, 4.69) is 29.6 Å². The number of amides is 1. The molecule has 3 N–H and O–H groups in total. The zero-order valence-corrected chi connectivity index (χ0v) is 17.1. The number of carbonyl (C=O) groups excluding carboxylic acids is 1. The van der Waals surface area contributed by atoms with Crippen molar-refractivity contribution in [1.82, 2.24) is 5.32 Å². The van der Waals surface area contributed by atoms with E-state index in [9.17, 15) is 4.79 Å². The van der Waals surface area contributed by atoms with Gasteiger partial charge in [-0.1, -0.05) is 59.6 Å². The molecule has 0 aromatic heterocycles. The topological polar surface area (TPSA) is 38.0 Å². The van der Waals surface area contributed by atoms with Crippen molar-refractivity contribution in [2.45, 2.75) is 25.6 Å². The summed E-state index contributed by atoms with van der Waals surface area (Å²) in [7, 11) is 2.02. The summed E-state index contributed by atoms with van der Waals surface area (Å²) in [6.45, 7) is 4.30. The molecule has 0 aliphatic carbocycles. The van der Waals surface area contributed by atoms with Gasteiger partial charge in [-0.05, 0) is 12.1 Å². The Morgan fingerprint density at radius 1 is 1.15 bits per heavy atom. The van der Waals surface area contributed by atoms with Crippen LogP contribution in [0.3, 0.4) is 0 Å². The molecule has 1 heterocycles. The molecule has 3 atom stereocenters. The van der Waals surface area contributed by atoms with Gasteiger partial charge < -0.3 is 15.1 Å². The van der Waals surface area contributed by atoms with E-state index in [1.54, 1.807) is 6.07 Å². The summed E-state index contributed by atoms with van der Waals surface area (Å²) in [5.74, 6) is 0.110. The standard InChI is InChI=1S/C21H25Cl2N3O/c1-25(12-17-7-8-19(22)20(23)11-17)15-21(27)24-18-9-10-26(14-18)13-16-5-3-2-4-6-16/h2-8,11,18H,9-10,12-15H2,1H3,(H,24,27)/p+2/t18-/m1/s1. The predicted molar refractivity (Wildman–Crippen MR) is 109 cm³/mol. The Kier molecular flexibility index (Phi) is 7.13. The molecule has 0 bridgehead atoms. The van der Waals surface area contributed by atoms with E-state index in [0.717, 1.165) is 43.1 Å². The fraction of sp³-hybridized carbons (Fsp3) is 0.381. The lowest BCUT2D eigenvalue weighted by atomic mass is 10.2. The van der Waals surface area contributed by atoms with Crippen LogP contribution in [0.25, 0.3) is 0 Å². The van der Waals surface area contributed by atoms with E-state index < -0.39 is 0 Å². The van der Waals surface area contributed by atoms with Gasteiger partial charge in [0.05, 0.1) is 36.2 Å². The molecule has 1 aliphatic heterocycles. The quantitative estimate of drug-likeness (QED) is 0.628. The Hall–Kier alpha value is -1.59. The molecule has 2 unspecified atom stereocenters. The lowest BCUT2D eigenvalue weighted by Gasteiger charge is -2.17. The lowest BCUT2D eigenvalue weighted by molar-refractivity contribution is -0.901. The number of rotatable bonds is 7. The van der Waals surface area contributed by atoms with Gasteiger partial charge in [-0.3, -0.25) is 4.79 Å². The second-order valence-corrected chi connectivity index (χ2v) is 8.29. The Bertz CT molecular complexity index is 769. The van der Waals surface area contributed by atoms with Crippen LogP contribution < -0.4 is 15.1 Å². The van der Waals surface area contributed by atoms with Gasteiger partial charge in [-0.25, -0.2) is 0 Å². The Morgan fingerprint density at radius 3 is 2.67 bits per heavy atom. The molecule has 144 valence electrons. The zero-order valence-electron chi connectivity index (χ0n) is 15.6. The van der Waals surface area contributed by atoms with Gasteiger partial charge in [0.15, 0.2) is 6.54 Å². The Labute approximate surface area is 171 Å². The molecule has 0 radical (unpaired) electrons. The van der Waals surface area contributed by atoms with Gasteiger partial charge in [0.2, 0.25) is 0 Å². The minimum absolute atomic E-state index is 0.110. The number of nitrogens with one attached hydrogen (secondary N) is 3. The normalized spacial score (nSPS) is 20.4. The molecule has 1 fully saturated rings. The summed E-state index contributed by atoms with van der Waals surface area (Å²) in [6, 6.07) is 16.4. The number of carbonyl (C=O) groups is 1. The molecule has 4 nitrogen and oxygen atoms in total. The molecule has 6 heteroatoms. The van der Waals surface area contributed by atoms with Crippen molar-refractivity contribution >= 4 is 29.1 Å². The molecule has 2 aromatic rings. The van der Waals surface area contributed by atoms with Gasteiger partial charge in [-0.15, -0.1) is 0 Å². The molecule has 1 amide bonds. The average Bonchev–Trinajstić information content (AvgIpc) is 3.05. The summed E-state index contributed by atoms with van der Waals surface area (Å²) < 4.78 is 0. The van der Waals surface area contributed by atoms with Crippen LogP contribution in [0.15, 0.2) is 48.5 Å². The first-order valence-electron chi connectivity index (χ1n) is 9.41. The third-order valence-corrected chi connectivity index (χ3v) is 5.73. The molecule has 2 aromatic carbocycles. The number of hydrogen-bond donors (Lipinski definition) is 3. The highest BCUT2D eigenvalue weighted by molar-refractivity contribution is 6.42. The van der Waals surface area contributed by atoms with Crippen LogP contribution in [0.1, 0.15) is 17.5 Å². The largest absolute Gasteiger partial charge is 0.343 e. The lowest BCUT2D eigenvalue weighted by Crippen LogP contribution is -3.09. The monoisotopic (exact) mass is 407 g/mol. The van der Waals surface area contributed by atoms with Crippen LogP contribution in [-0.2, 0) is 17.9 Å². The molecule has 1 saturated heterocycles. The SMILES string of the molecule is C[NH+](CC(=O)N[C@@H]1CC[NH+](Cc2ccccc2)C1)Cc1ccc(Cl)c(Cl)c1. The first-order chi connectivity index (χ1) is 13.0. The number of halogens is 2. The molecule has 0 saturated carbocycles. The maximum atomic E-state index is 12.4. The minimum atomic E-state index is 0.110. The molecule has 27 heavy (non-hydrogen) atoms. The van der Waals surface area contributed by atoms with Crippen LogP contribution in [-0.4, -0.2) is 38.6 Å². The molecule has 1 aliphatic rings. The van der Waals surface area contributed by atoms with Crippen LogP contribution in [0.4, 0.5) is 0 Å². The maximum absolute atomic E-state index is 12.4. The highest BCUT2D eigenvalue weighted by atomic mass is 35.5. The Balaban J connectivity index is 1.41. The fourth-order valence-electron chi connectivity index (χ4n) is 3.71. The van der Waals surface area contributed by atoms with Crippen molar-refractivity contribution in [3.63, 3.8) is 0 Å². The minimum Gasteiger partial charge on any atom is -0.343 e. The van der Waals surface area contributed by atoms with E-state index in [4.69, 9.17) is 23.2 Å². The number of likely N-dealkylation sites (tertiary alicyclic amines) is 1. The van der Waals surface area contributed by atoms with Crippen LogP contribution >= 0.6 is 23.2 Å². The summed E-state index contributed by atoms with van der Waals surface area (Å²) in [5.41, 5.74) is 2.43. The van der Waals surface area contributed by atoms with E-state index in [0.29, 0.717) is 16.6 Å². The predicted octanol–water partition coefficient (Wildman–Crippen LogP) is 0.982. The molecular formula is C21H27Cl2N3O+2.